The van der Waals surface area contributed by atoms with E-state index < -0.39 is 17.8 Å². The Labute approximate surface area is 132 Å². The van der Waals surface area contributed by atoms with Crippen molar-refractivity contribution >= 4 is 34.2 Å². The molecule has 120 valence electrons. The van der Waals surface area contributed by atoms with Crippen LogP contribution in [0, 0.1) is 5.92 Å². The summed E-state index contributed by atoms with van der Waals surface area (Å²) in [5.41, 5.74) is 1.31. The van der Waals surface area contributed by atoms with Crippen molar-refractivity contribution in [1.29, 1.82) is 0 Å². The van der Waals surface area contributed by atoms with E-state index in [2.05, 4.69) is 17.0 Å². The first-order valence-corrected chi connectivity index (χ1v) is 8.00. The Morgan fingerprint density at radius 2 is 2.09 bits per heavy atom. The van der Waals surface area contributed by atoms with Gasteiger partial charge in [-0.2, -0.15) is 0 Å². The van der Waals surface area contributed by atoms with E-state index in [1.807, 2.05) is 0 Å². The van der Waals surface area contributed by atoms with Gasteiger partial charge in [-0.3, -0.25) is 4.79 Å². The first kappa shape index (κ1) is 16.5. The average Bonchev–Trinajstić information content (AvgIpc) is 2.83. The molecule has 1 amide bonds. The molecule has 1 atom stereocenters. The molecule has 0 saturated heterocycles. The summed E-state index contributed by atoms with van der Waals surface area (Å²) >= 11 is 1.34. The van der Waals surface area contributed by atoms with E-state index in [0.717, 1.165) is 36.8 Å². The fourth-order valence-electron chi connectivity index (χ4n) is 2.50. The maximum atomic E-state index is 12.2. The van der Waals surface area contributed by atoms with Crippen LogP contribution >= 0.6 is 11.3 Å². The summed E-state index contributed by atoms with van der Waals surface area (Å²) in [6.45, 7) is 4.13. The van der Waals surface area contributed by atoms with Gasteiger partial charge in [0.25, 0.3) is 0 Å². The molecule has 7 heteroatoms. The summed E-state index contributed by atoms with van der Waals surface area (Å²) in [7, 11) is 1.13. The highest BCUT2D eigenvalue weighted by atomic mass is 32.1. The van der Waals surface area contributed by atoms with Crippen molar-refractivity contribution in [2.45, 2.75) is 33.1 Å². The van der Waals surface area contributed by atoms with Gasteiger partial charge in [0.2, 0.25) is 0 Å². The van der Waals surface area contributed by atoms with E-state index >= 15 is 0 Å². The molecule has 1 aromatic heterocycles. The lowest BCUT2D eigenvalue weighted by molar-refractivity contribution is -0.150. The van der Waals surface area contributed by atoms with Crippen LogP contribution in [0.15, 0.2) is 0 Å². The van der Waals surface area contributed by atoms with Crippen molar-refractivity contribution in [3.63, 3.8) is 0 Å². The number of amides is 1. The number of hydrogen-bond donors (Lipinski definition) is 1. The molecular weight excluding hydrogens is 306 g/mol. The van der Waals surface area contributed by atoms with Gasteiger partial charge in [0.05, 0.1) is 19.3 Å². The van der Waals surface area contributed by atoms with Crippen molar-refractivity contribution in [3.05, 3.63) is 16.0 Å². The third-order valence-electron chi connectivity index (χ3n) is 3.59. The maximum Gasteiger partial charge on any atom is 0.396 e. The van der Waals surface area contributed by atoms with Gasteiger partial charge < -0.3 is 14.8 Å². The molecule has 1 heterocycles. The normalized spacial score (nSPS) is 16.6. The molecule has 0 aliphatic heterocycles. The van der Waals surface area contributed by atoms with Crippen LogP contribution in [0.5, 0.6) is 0 Å². The quantitative estimate of drug-likeness (QED) is 0.680. The van der Waals surface area contributed by atoms with E-state index in [1.165, 1.54) is 11.3 Å². The van der Waals surface area contributed by atoms with Crippen LogP contribution in [0.3, 0.4) is 0 Å². The van der Waals surface area contributed by atoms with Gasteiger partial charge >= 0.3 is 17.8 Å². The van der Waals surface area contributed by atoms with E-state index in [0.29, 0.717) is 16.5 Å². The molecule has 0 fully saturated rings. The summed E-state index contributed by atoms with van der Waals surface area (Å²) in [5.74, 6) is -1.81. The Kier molecular flexibility index (Phi) is 5.18. The number of anilines is 1. The topological polar surface area (TPSA) is 81.7 Å². The van der Waals surface area contributed by atoms with Crippen molar-refractivity contribution in [3.8, 4) is 0 Å². The van der Waals surface area contributed by atoms with Gasteiger partial charge in [-0.15, -0.1) is 11.3 Å². The lowest BCUT2D eigenvalue weighted by Crippen LogP contribution is -2.24. The summed E-state index contributed by atoms with van der Waals surface area (Å²) in [6, 6.07) is 0. The van der Waals surface area contributed by atoms with Gasteiger partial charge in [-0.05, 0) is 37.7 Å². The lowest BCUT2D eigenvalue weighted by atomic mass is 9.88. The smallest absolute Gasteiger partial charge is 0.396 e. The van der Waals surface area contributed by atoms with Crippen LogP contribution in [0.25, 0.3) is 0 Å². The van der Waals surface area contributed by atoms with Crippen LogP contribution in [0.2, 0.25) is 0 Å². The van der Waals surface area contributed by atoms with Gasteiger partial charge in [-0.25, -0.2) is 9.59 Å². The van der Waals surface area contributed by atoms with Gasteiger partial charge in [-0.1, -0.05) is 6.92 Å². The Morgan fingerprint density at radius 1 is 1.36 bits per heavy atom. The molecule has 0 radical (unpaired) electrons. The highest BCUT2D eigenvalue weighted by molar-refractivity contribution is 7.17. The van der Waals surface area contributed by atoms with Gasteiger partial charge in [0, 0.05) is 4.88 Å². The fraction of sp³-hybridized carbons (Fsp3) is 0.533. The third kappa shape index (κ3) is 3.30. The van der Waals surface area contributed by atoms with Crippen molar-refractivity contribution in [1.82, 2.24) is 0 Å². The fourth-order valence-corrected chi connectivity index (χ4v) is 3.90. The molecule has 1 aliphatic carbocycles. The van der Waals surface area contributed by atoms with Gasteiger partial charge in [0.15, 0.2) is 0 Å². The predicted octanol–water partition coefficient (Wildman–Crippen LogP) is 2.16. The number of hydrogen-bond acceptors (Lipinski definition) is 6. The second kappa shape index (κ2) is 6.91. The number of thiophene rings is 1. The van der Waals surface area contributed by atoms with E-state index in [1.54, 1.807) is 6.92 Å². The predicted molar refractivity (Wildman–Crippen MR) is 82.1 cm³/mol. The van der Waals surface area contributed by atoms with Crippen molar-refractivity contribution in [2.24, 2.45) is 5.92 Å². The van der Waals surface area contributed by atoms with Crippen LogP contribution in [-0.4, -0.2) is 31.6 Å². The molecular formula is C15H19NO5S. The number of rotatable bonds is 3. The number of ether oxygens (including phenoxy) is 2. The summed E-state index contributed by atoms with van der Waals surface area (Å²) in [6.07, 6.45) is 2.62. The average molecular weight is 325 g/mol. The van der Waals surface area contributed by atoms with Gasteiger partial charge in [0.1, 0.15) is 5.00 Å². The van der Waals surface area contributed by atoms with E-state index in [4.69, 9.17) is 4.74 Å². The number of esters is 2. The molecule has 1 aliphatic rings. The maximum absolute atomic E-state index is 12.2. The number of carbonyl (C=O) groups is 3. The Hall–Kier alpha value is -1.89. The monoisotopic (exact) mass is 325 g/mol. The van der Waals surface area contributed by atoms with Crippen LogP contribution < -0.4 is 5.32 Å². The number of fused-ring (bicyclic) bond motifs is 1. The minimum absolute atomic E-state index is 0.254. The molecule has 2 rings (SSSR count). The van der Waals surface area contributed by atoms with E-state index in [9.17, 15) is 14.4 Å². The molecule has 0 bridgehead atoms. The molecule has 1 N–H and O–H groups in total. The van der Waals surface area contributed by atoms with Crippen LogP contribution in [-0.2, 0) is 31.9 Å². The largest absolute Gasteiger partial charge is 0.462 e. The summed E-state index contributed by atoms with van der Waals surface area (Å²) < 4.78 is 9.48. The number of methoxy groups -OCH3 is 1. The third-order valence-corrected chi connectivity index (χ3v) is 4.76. The lowest BCUT2D eigenvalue weighted by Gasteiger charge is -2.18. The summed E-state index contributed by atoms with van der Waals surface area (Å²) in [5, 5.41) is 2.85. The van der Waals surface area contributed by atoms with E-state index in [-0.39, 0.29) is 6.61 Å². The molecule has 22 heavy (non-hydrogen) atoms. The molecule has 0 aromatic carbocycles. The number of nitrogens with one attached hydrogen (secondary N) is 1. The second-order valence-electron chi connectivity index (χ2n) is 5.22. The summed E-state index contributed by atoms with van der Waals surface area (Å²) in [4.78, 5) is 36.3. The molecule has 0 spiro atoms. The standard InChI is InChI=1S/C15H19NO5S/c1-4-21-14(18)11-9-6-5-8(2)7-10(9)22-13(11)16-12(17)15(19)20-3/h8H,4-7H2,1-3H3,(H,16,17). The minimum Gasteiger partial charge on any atom is -0.462 e. The molecule has 1 aromatic rings. The first-order chi connectivity index (χ1) is 10.5. The zero-order valence-corrected chi connectivity index (χ0v) is 13.7. The Morgan fingerprint density at radius 3 is 2.73 bits per heavy atom. The van der Waals surface area contributed by atoms with Crippen LogP contribution in [0.4, 0.5) is 5.00 Å². The molecule has 6 nitrogen and oxygen atoms in total. The minimum atomic E-state index is -0.991. The second-order valence-corrected chi connectivity index (χ2v) is 6.33. The first-order valence-electron chi connectivity index (χ1n) is 7.18. The zero-order chi connectivity index (χ0) is 16.3. The SMILES string of the molecule is CCOC(=O)c1c(NC(=O)C(=O)OC)sc2c1CCC(C)C2. The Balaban J connectivity index is 2.37. The highest BCUT2D eigenvalue weighted by Crippen LogP contribution is 2.40. The van der Waals surface area contributed by atoms with Crippen molar-refractivity contribution < 1.29 is 23.9 Å². The Bertz CT molecular complexity index is 607. The molecule has 0 saturated carbocycles. The molecule has 1 unspecified atom stereocenters. The highest BCUT2D eigenvalue weighted by Gasteiger charge is 2.30. The number of carbonyl (C=O) groups excluding carboxylic acids is 3. The zero-order valence-electron chi connectivity index (χ0n) is 12.9. The van der Waals surface area contributed by atoms with Crippen LogP contribution in [0.1, 0.15) is 41.1 Å². The van der Waals surface area contributed by atoms with Crippen molar-refractivity contribution in [2.75, 3.05) is 19.0 Å².